The molecule has 0 saturated heterocycles. The SMILES string of the molecule is CN(C(=O)CC(F)(F)F)c1ccc(C(=O)O)cc1N. The number of nitrogens with zero attached hydrogens (tertiary/aromatic N) is 1. The van der Waals surface area contributed by atoms with Gasteiger partial charge in [-0.1, -0.05) is 0 Å². The van der Waals surface area contributed by atoms with Gasteiger partial charge in [0.2, 0.25) is 5.91 Å². The highest BCUT2D eigenvalue weighted by Gasteiger charge is 2.33. The molecule has 0 fully saturated rings. The highest BCUT2D eigenvalue weighted by Crippen LogP contribution is 2.27. The number of carbonyl (C=O) groups excluding carboxylic acids is 1. The third-order valence-electron chi connectivity index (χ3n) is 2.36. The molecule has 0 aliphatic carbocycles. The maximum absolute atomic E-state index is 12.1. The molecule has 0 atom stereocenters. The monoisotopic (exact) mass is 276 g/mol. The second-order valence-corrected chi connectivity index (χ2v) is 3.82. The zero-order valence-corrected chi connectivity index (χ0v) is 9.86. The number of carboxylic acid groups (broad SMARTS) is 1. The van der Waals surface area contributed by atoms with Crippen molar-refractivity contribution < 1.29 is 27.9 Å². The van der Waals surface area contributed by atoms with Crippen molar-refractivity contribution in [2.24, 2.45) is 0 Å². The largest absolute Gasteiger partial charge is 0.478 e. The van der Waals surface area contributed by atoms with Crippen molar-refractivity contribution in [1.29, 1.82) is 0 Å². The Morgan fingerprint density at radius 2 is 1.95 bits per heavy atom. The molecule has 0 aliphatic rings. The van der Waals surface area contributed by atoms with E-state index in [2.05, 4.69) is 0 Å². The first-order valence-corrected chi connectivity index (χ1v) is 5.08. The van der Waals surface area contributed by atoms with Gasteiger partial charge in [0.15, 0.2) is 0 Å². The van der Waals surface area contributed by atoms with Gasteiger partial charge in [-0.05, 0) is 18.2 Å². The standard InChI is InChI=1S/C11H11F3N2O3/c1-16(9(17)5-11(12,13)14)8-3-2-6(10(18)19)4-7(8)15/h2-4H,5,15H2,1H3,(H,18,19). The molecular formula is C11H11F3N2O3. The summed E-state index contributed by atoms with van der Waals surface area (Å²) in [4.78, 5) is 22.8. The number of hydrogen-bond acceptors (Lipinski definition) is 3. The molecule has 1 amide bonds. The molecule has 0 spiro atoms. The molecule has 3 N–H and O–H groups in total. The lowest BCUT2D eigenvalue weighted by Crippen LogP contribution is -2.31. The van der Waals surface area contributed by atoms with Crippen LogP contribution in [0.15, 0.2) is 18.2 Å². The lowest BCUT2D eigenvalue weighted by Gasteiger charge is -2.20. The zero-order valence-electron chi connectivity index (χ0n) is 9.86. The fraction of sp³-hybridized carbons (Fsp3) is 0.273. The number of amides is 1. The van der Waals surface area contributed by atoms with Gasteiger partial charge in [0.25, 0.3) is 0 Å². The number of aromatic carboxylic acids is 1. The second-order valence-electron chi connectivity index (χ2n) is 3.82. The minimum absolute atomic E-state index is 0.0271. The average Bonchev–Trinajstić information content (AvgIpc) is 2.25. The van der Waals surface area contributed by atoms with Gasteiger partial charge in [-0.3, -0.25) is 4.79 Å². The van der Waals surface area contributed by atoms with E-state index in [9.17, 15) is 22.8 Å². The van der Waals surface area contributed by atoms with Crippen LogP contribution >= 0.6 is 0 Å². The van der Waals surface area contributed by atoms with E-state index in [-0.39, 0.29) is 16.9 Å². The summed E-state index contributed by atoms with van der Waals surface area (Å²) in [5.41, 5.74) is 5.35. The predicted molar refractivity (Wildman–Crippen MR) is 61.9 cm³/mol. The number of carbonyl (C=O) groups is 2. The van der Waals surface area contributed by atoms with E-state index in [1.54, 1.807) is 0 Å². The van der Waals surface area contributed by atoms with Gasteiger partial charge in [0.1, 0.15) is 6.42 Å². The molecule has 5 nitrogen and oxygen atoms in total. The number of benzene rings is 1. The van der Waals surface area contributed by atoms with E-state index in [1.807, 2.05) is 0 Å². The Morgan fingerprint density at radius 1 is 1.37 bits per heavy atom. The Kier molecular flexibility index (Phi) is 4.03. The Bertz CT molecular complexity index is 514. The molecule has 0 heterocycles. The van der Waals surface area contributed by atoms with Crippen LogP contribution in [0.25, 0.3) is 0 Å². The smallest absolute Gasteiger partial charge is 0.397 e. The van der Waals surface area contributed by atoms with E-state index in [0.717, 1.165) is 24.1 Å². The molecule has 1 rings (SSSR count). The molecule has 19 heavy (non-hydrogen) atoms. The molecule has 0 radical (unpaired) electrons. The van der Waals surface area contributed by atoms with Gasteiger partial charge in [0.05, 0.1) is 16.9 Å². The van der Waals surface area contributed by atoms with Crippen molar-refractivity contribution in [3.05, 3.63) is 23.8 Å². The minimum Gasteiger partial charge on any atom is -0.478 e. The van der Waals surface area contributed by atoms with Gasteiger partial charge < -0.3 is 15.7 Å². The molecule has 0 aliphatic heterocycles. The van der Waals surface area contributed by atoms with Crippen LogP contribution in [0.4, 0.5) is 24.5 Å². The van der Waals surface area contributed by atoms with Gasteiger partial charge in [-0.25, -0.2) is 4.79 Å². The molecule has 0 bridgehead atoms. The fourth-order valence-corrected chi connectivity index (χ4v) is 1.42. The number of halogens is 3. The molecule has 1 aromatic carbocycles. The topological polar surface area (TPSA) is 83.6 Å². The van der Waals surface area contributed by atoms with Crippen LogP contribution < -0.4 is 10.6 Å². The van der Waals surface area contributed by atoms with Crippen molar-refractivity contribution in [2.45, 2.75) is 12.6 Å². The van der Waals surface area contributed by atoms with Crippen LogP contribution in [0.1, 0.15) is 16.8 Å². The fourth-order valence-electron chi connectivity index (χ4n) is 1.42. The quantitative estimate of drug-likeness (QED) is 0.826. The van der Waals surface area contributed by atoms with Crippen LogP contribution in [-0.4, -0.2) is 30.2 Å². The van der Waals surface area contributed by atoms with Crippen molar-refractivity contribution in [3.63, 3.8) is 0 Å². The molecule has 8 heteroatoms. The first kappa shape index (κ1) is 14.8. The first-order valence-electron chi connectivity index (χ1n) is 5.08. The van der Waals surface area contributed by atoms with Gasteiger partial charge in [-0.15, -0.1) is 0 Å². The normalized spacial score (nSPS) is 11.2. The summed E-state index contributed by atoms with van der Waals surface area (Å²) in [5, 5.41) is 8.72. The van der Waals surface area contributed by atoms with E-state index < -0.39 is 24.5 Å². The lowest BCUT2D eigenvalue weighted by molar-refractivity contribution is -0.151. The molecule has 1 aromatic rings. The molecule has 104 valence electrons. The maximum atomic E-state index is 12.1. The molecular weight excluding hydrogens is 265 g/mol. The number of carboxylic acids is 1. The molecule has 0 saturated carbocycles. The summed E-state index contributed by atoms with van der Waals surface area (Å²) in [6, 6.07) is 3.42. The van der Waals surface area contributed by atoms with Crippen LogP contribution in [-0.2, 0) is 4.79 Å². The van der Waals surface area contributed by atoms with Gasteiger partial charge in [-0.2, -0.15) is 13.2 Å². The first-order chi connectivity index (χ1) is 8.61. The number of hydrogen-bond donors (Lipinski definition) is 2. The second kappa shape index (κ2) is 5.17. The summed E-state index contributed by atoms with van der Waals surface area (Å²) < 4.78 is 36.3. The third-order valence-corrected chi connectivity index (χ3v) is 2.36. The van der Waals surface area contributed by atoms with Gasteiger partial charge >= 0.3 is 12.1 Å². The summed E-state index contributed by atoms with van der Waals surface area (Å²) in [7, 11) is 1.14. The highest BCUT2D eigenvalue weighted by molar-refractivity contribution is 5.98. The van der Waals surface area contributed by atoms with Crippen LogP contribution in [0.5, 0.6) is 0 Å². The predicted octanol–water partition coefficient (Wildman–Crippen LogP) is 1.88. The summed E-state index contributed by atoms with van der Waals surface area (Å²) in [5.74, 6) is -2.40. The minimum atomic E-state index is -4.61. The number of nitrogens with two attached hydrogens (primary N) is 1. The van der Waals surface area contributed by atoms with Gasteiger partial charge in [0, 0.05) is 7.05 Å². The van der Waals surface area contributed by atoms with Crippen LogP contribution in [0, 0.1) is 0 Å². The Balaban J connectivity index is 2.97. The molecule has 0 aromatic heterocycles. The average molecular weight is 276 g/mol. The highest BCUT2D eigenvalue weighted by atomic mass is 19.4. The summed E-state index contributed by atoms with van der Waals surface area (Å²) in [6.07, 6.45) is -6.22. The lowest BCUT2D eigenvalue weighted by atomic mass is 10.1. The molecule has 0 unspecified atom stereocenters. The van der Waals surface area contributed by atoms with Crippen molar-refractivity contribution in [1.82, 2.24) is 0 Å². The van der Waals surface area contributed by atoms with Crippen LogP contribution in [0.3, 0.4) is 0 Å². The maximum Gasteiger partial charge on any atom is 0.397 e. The summed E-state index contributed by atoms with van der Waals surface area (Å²) >= 11 is 0. The third kappa shape index (κ3) is 3.87. The Hall–Kier alpha value is -2.25. The van der Waals surface area contributed by atoms with Crippen LogP contribution in [0.2, 0.25) is 0 Å². The summed E-state index contributed by atoms with van der Waals surface area (Å²) in [6.45, 7) is 0. The number of alkyl halides is 3. The zero-order chi connectivity index (χ0) is 14.8. The van der Waals surface area contributed by atoms with E-state index >= 15 is 0 Å². The number of anilines is 2. The van der Waals surface area contributed by atoms with E-state index in [1.165, 1.54) is 6.07 Å². The van der Waals surface area contributed by atoms with E-state index in [0.29, 0.717) is 0 Å². The van der Waals surface area contributed by atoms with Crippen molar-refractivity contribution >= 4 is 23.3 Å². The number of nitrogen functional groups attached to an aromatic ring is 1. The Labute approximate surface area is 106 Å². The Morgan fingerprint density at radius 3 is 2.37 bits per heavy atom. The van der Waals surface area contributed by atoms with Crippen molar-refractivity contribution in [3.8, 4) is 0 Å². The number of rotatable bonds is 3. The van der Waals surface area contributed by atoms with Crippen molar-refractivity contribution in [2.75, 3.05) is 17.7 Å². The van der Waals surface area contributed by atoms with E-state index in [4.69, 9.17) is 10.8 Å².